The van der Waals surface area contributed by atoms with E-state index in [4.69, 9.17) is 5.73 Å². The molecule has 3 N–H and O–H groups in total. The summed E-state index contributed by atoms with van der Waals surface area (Å²) in [6.45, 7) is 0.799. The molecule has 2 rings (SSSR count). The third-order valence-corrected chi connectivity index (χ3v) is 3.17. The van der Waals surface area contributed by atoms with Crippen LogP contribution in [0.3, 0.4) is 0 Å². The number of nitrogens with two attached hydrogens (primary N) is 1. The van der Waals surface area contributed by atoms with E-state index in [0.29, 0.717) is 17.2 Å². The highest BCUT2D eigenvalue weighted by Crippen LogP contribution is 2.23. The first-order valence-electron chi connectivity index (χ1n) is 5.89. The Morgan fingerprint density at radius 1 is 1.38 bits per heavy atom. The van der Waals surface area contributed by atoms with E-state index in [1.807, 2.05) is 0 Å². The van der Waals surface area contributed by atoms with Crippen molar-refractivity contribution in [2.75, 3.05) is 12.3 Å². The number of benzene rings is 1. The van der Waals surface area contributed by atoms with Gasteiger partial charge in [0.15, 0.2) is 0 Å². The normalized spacial score (nSPS) is 16.2. The molecule has 1 aliphatic rings. The molecule has 0 radical (unpaired) electrons. The van der Waals surface area contributed by atoms with Crippen molar-refractivity contribution < 1.29 is 4.79 Å². The fraction of sp³-hybridized carbons (Fsp3) is 0.462. The van der Waals surface area contributed by atoms with Crippen molar-refractivity contribution in [1.82, 2.24) is 5.32 Å². The molecule has 0 aliphatic heterocycles. The minimum atomic E-state index is -0.0146. The zero-order chi connectivity index (χ0) is 11.4. The minimum Gasteiger partial charge on any atom is -0.399 e. The van der Waals surface area contributed by atoms with Crippen molar-refractivity contribution in [2.45, 2.75) is 25.7 Å². The van der Waals surface area contributed by atoms with Gasteiger partial charge in [-0.1, -0.05) is 18.9 Å². The number of carbonyl (C=O) groups is 1. The molecule has 0 saturated heterocycles. The lowest BCUT2D eigenvalue weighted by atomic mass is 10.1. The van der Waals surface area contributed by atoms with Gasteiger partial charge >= 0.3 is 0 Å². The molecule has 86 valence electrons. The molecule has 1 aliphatic carbocycles. The van der Waals surface area contributed by atoms with Gasteiger partial charge in [-0.2, -0.15) is 0 Å². The summed E-state index contributed by atoms with van der Waals surface area (Å²) < 4.78 is 0. The Labute approximate surface area is 96.0 Å². The number of nitrogen functional groups attached to an aromatic ring is 1. The van der Waals surface area contributed by atoms with Crippen molar-refractivity contribution in [3.63, 3.8) is 0 Å². The second-order valence-electron chi connectivity index (χ2n) is 4.49. The maximum absolute atomic E-state index is 11.8. The molecule has 0 unspecified atom stereocenters. The summed E-state index contributed by atoms with van der Waals surface area (Å²) in [7, 11) is 0. The largest absolute Gasteiger partial charge is 0.399 e. The van der Waals surface area contributed by atoms with Crippen LogP contribution in [0.2, 0.25) is 0 Å². The van der Waals surface area contributed by atoms with Crippen LogP contribution in [0.5, 0.6) is 0 Å². The minimum absolute atomic E-state index is 0.0146. The Morgan fingerprint density at radius 2 is 2.12 bits per heavy atom. The van der Waals surface area contributed by atoms with E-state index in [2.05, 4.69) is 5.32 Å². The summed E-state index contributed by atoms with van der Waals surface area (Å²) in [5.41, 5.74) is 6.92. The molecular weight excluding hydrogens is 200 g/mol. The SMILES string of the molecule is Nc1cccc(C(=O)NCC2CCCC2)c1. The third-order valence-electron chi connectivity index (χ3n) is 3.17. The summed E-state index contributed by atoms with van der Waals surface area (Å²) >= 11 is 0. The average molecular weight is 218 g/mol. The van der Waals surface area contributed by atoms with Gasteiger partial charge in [-0.15, -0.1) is 0 Å². The number of carbonyl (C=O) groups excluding carboxylic acids is 1. The third kappa shape index (κ3) is 2.75. The standard InChI is InChI=1S/C13H18N2O/c14-12-7-3-6-11(8-12)13(16)15-9-10-4-1-2-5-10/h3,6-8,10H,1-2,4-5,9,14H2,(H,15,16). The molecule has 3 nitrogen and oxygen atoms in total. The van der Waals surface area contributed by atoms with Gasteiger partial charge in [-0.25, -0.2) is 0 Å². The summed E-state index contributed by atoms with van der Waals surface area (Å²) in [4.78, 5) is 11.8. The molecule has 16 heavy (non-hydrogen) atoms. The van der Waals surface area contributed by atoms with E-state index in [1.54, 1.807) is 24.3 Å². The molecular formula is C13H18N2O. The lowest BCUT2D eigenvalue weighted by Crippen LogP contribution is -2.28. The van der Waals surface area contributed by atoms with Crippen LogP contribution in [0, 0.1) is 5.92 Å². The van der Waals surface area contributed by atoms with Gasteiger partial charge in [0.1, 0.15) is 0 Å². The molecule has 0 heterocycles. The Bertz CT molecular complexity index is 370. The van der Waals surface area contributed by atoms with Gasteiger partial charge in [-0.3, -0.25) is 4.79 Å². The van der Waals surface area contributed by atoms with Gasteiger partial charge < -0.3 is 11.1 Å². The Balaban J connectivity index is 1.87. The molecule has 0 spiro atoms. The predicted octanol–water partition coefficient (Wildman–Crippen LogP) is 2.19. The van der Waals surface area contributed by atoms with E-state index in [9.17, 15) is 4.79 Å². The van der Waals surface area contributed by atoms with E-state index in [0.717, 1.165) is 6.54 Å². The van der Waals surface area contributed by atoms with E-state index in [-0.39, 0.29) is 5.91 Å². The number of hydrogen-bond donors (Lipinski definition) is 2. The van der Waals surface area contributed by atoms with Crippen LogP contribution in [0.15, 0.2) is 24.3 Å². The highest BCUT2D eigenvalue weighted by atomic mass is 16.1. The maximum Gasteiger partial charge on any atom is 0.251 e. The second kappa shape index (κ2) is 5.01. The van der Waals surface area contributed by atoms with Crippen molar-refractivity contribution in [3.05, 3.63) is 29.8 Å². The van der Waals surface area contributed by atoms with Crippen molar-refractivity contribution in [2.24, 2.45) is 5.92 Å². The van der Waals surface area contributed by atoms with Gasteiger partial charge in [0, 0.05) is 17.8 Å². The number of rotatable bonds is 3. The van der Waals surface area contributed by atoms with Crippen LogP contribution in [0.1, 0.15) is 36.0 Å². The Morgan fingerprint density at radius 3 is 2.81 bits per heavy atom. The summed E-state index contributed by atoms with van der Waals surface area (Å²) in [5, 5.41) is 2.97. The van der Waals surface area contributed by atoms with Crippen LogP contribution >= 0.6 is 0 Å². The lowest BCUT2D eigenvalue weighted by Gasteiger charge is -2.10. The van der Waals surface area contributed by atoms with E-state index < -0.39 is 0 Å². The number of amides is 1. The monoisotopic (exact) mass is 218 g/mol. The Hall–Kier alpha value is -1.51. The fourth-order valence-corrected chi connectivity index (χ4v) is 2.23. The molecule has 1 fully saturated rings. The predicted molar refractivity (Wildman–Crippen MR) is 65.1 cm³/mol. The van der Waals surface area contributed by atoms with E-state index >= 15 is 0 Å². The van der Waals surface area contributed by atoms with Crippen molar-refractivity contribution >= 4 is 11.6 Å². The maximum atomic E-state index is 11.8. The van der Waals surface area contributed by atoms with Gasteiger partial charge in [-0.05, 0) is 37.0 Å². The second-order valence-corrected chi connectivity index (χ2v) is 4.49. The number of hydrogen-bond acceptors (Lipinski definition) is 2. The van der Waals surface area contributed by atoms with Crippen LogP contribution in [-0.2, 0) is 0 Å². The number of nitrogens with one attached hydrogen (secondary N) is 1. The van der Waals surface area contributed by atoms with Crippen molar-refractivity contribution in [1.29, 1.82) is 0 Å². The topological polar surface area (TPSA) is 55.1 Å². The molecule has 1 amide bonds. The summed E-state index contributed by atoms with van der Waals surface area (Å²) in [6.07, 6.45) is 5.10. The molecule has 1 saturated carbocycles. The zero-order valence-corrected chi connectivity index (χ0v) is 9.41. The first kappa shape index (κ1) is 11.0. The van der Waals surface area contributed by atoms with Crippen LogP contribution in [-0.4, -0.2) is 12.5 Å². The first-order valence-corrected chi connectivity index (χ1v) is 5.89. The quantitative estimate of drug-likeness (QED) is 0.764. The molecule has 0 atom stereocenters. The lowest BCUT2D eigenvalue weighted by molar-refractivity contribution is 0.0947. The van der Waals surface area contributed by atoms with Crippen LogP contribution in [0.4, 0.5) is 5.69 Å². The molecule has 1 aromatic rings. The highest BCUT2D eigenvalue weighted by molar-refractivity contribution is 5.94. The molecule has 1 aromatic carbocycles. The molecule has 0 bridgehead atoms. The van der Waals surface area contributed by atoms with Gasteiger partial charge in [0.2, 0.25) is 0 Å². The summed E-state index contributed by atoms with van der Waals surface area (Å²) in [5.74, 6) is 0.657. The summed E-state index contributed by atoms with van der Waals surface area (Å²) in [6, 6.07) is 7.10. The van der Waals surface area contributed by atoms with Crippen LogP contribution < -0.4 is 11.1 Å². The van der Waals surface area contributed by atoms with E-state index in [1.165, 1.54) is 25.7 Å². The van der Waals surface area contributed by atoms with Crippen LogP contribution in [0.25, 0.3) is 0 Å². The average Bonchev–Trinajstić information content (AvgIpc) is 2.78. The van der Waals surface area contributed by atoms with Crippen molar-refractivity contribution in [3.8, 4) is 0 Å². The van der Waals surface area contributed by atoms with Gasteiger partial charge in [0.25, 0.3) is 5.91 Å². The number of anilines is 1. The smallest absolute Gasteiger partial charge is 0.251 e. The fourth-order valence-electron chi connectivity index (χ4n) is 2.23. The highest BCUT2D eigenvalue weighted by Gasteiger charge is 2.16. The zero-order valence-electron chi connectivity index (χ0n) is 9.41. The van der Waals surface area contributed by atoms with Gasteiger partial charge in [0.05, 0.1) is 0 Å². The Kier molecular flexibility index (Phi) is 3.44. The molecule has 0 aromatic heterocycles. The first-order chi connectivity index (χ1) is 7.75. The molecule has 3 heteroatoms.